The highest BCUT2D eigenvalue weighted by Gasteiger charge is 2.50. The molecule has 10 nitrogen and oxygen atoms in total. The molecule has 1 saturated carbocycles. The monoisotopic (exact) mass is 561 g/mol. The molecule has 0 aromatic carbocycles. The molecule has 2 aliphatic carbocycles. The van der Waals surface area contributed by atoms with Crippen LogP contribution in [-0.2, 0) is 12.0 Å². The third-order valence-corrected chi connectivity index (χ3v) is 9.87. The summed E-state index contributed by atoms with van der Waals surface area (Å²) in [6, 6.07) is 4.90. The summed E-state index contributed by atoms with van der Waals surface area (Å²) in [5.74, 6) is 0. The van der Waals surface area contributed by atoms with Crippen LogP contribution in [0.1, 0.15) is 79.5 Å². The number of hydrazine groups is 2. The number of fused-ring (bicyclic) bond motifs is 4. The molecule has 0 amide bonds. The number of hydrogen-bond acceptors (Lipinski definition) is 10. The normalized spacial score (nSPS) is 22.7. The van der Waals surface area contributed by atoms with Crippen LogP contribution < -0.4 is 21.0 Å². The second-order valence-corrected chi connectivity index (χ2v) is 12.8. The molecule has 11 heteroatoms. The van der Waals surface area contributed by atoms with Gasteiger partial charge in [0.1, 0.15) is 11.1 Å². The van der Waals surface area contributed by atoms with Gasteiger partial charge in [0.15, 0.2) is 0 Å². The number of hydrogen-bond donors (Lipinski definition) is 3. The van der Waals surface area contributed by atoms with Gasteiger partial charge in [-0.05, 0) is 83.9 Å². The van der Waals surface area contributed by atoms with E-state index in [1.807, 2.05) is 32.1 Å². The van der Waals surface area contributed by atoms with Crippen LogP contribution in [0.4, 0.5) is 5.00 Å². The van der Waals surface area contributed by atoms with E-state index < -0.39 is 0 Å². The van der Waals surface area contributed by atoms with E-state index in [0.29, 0.717) is 12.6 Å². The van der Waals surface area contributed by atoms with Crippen molar-refractivity contribution in [1.29, 1.82) is 5.26 Å². The Hall–Kier alpha value is -3.20. The Kier molecular flexibility index (Phi) is 7.42. The number of thiophene rings is 1. The van der Waals surface area contributed by atoms with Crippen molar-refractivity contribution >= 4 is 28.4 Å². The average Bonchev–Trinajstić information content (AvgIpc) is 3.42. The maximum absolute atomic E-state index is 10.3. The van der Waals surface area contributed by atoms with Crippen molar-refractivity contribution in [2.45, 2.75) is 69.7 Å². The highest BCUT2D eigenvalue weighted by Crippen LogP contribution is 2.55. The minimum atomic E-state index is -0.290. The largest absolute Gasteiger partial charge is 0.463 e. The summed E-state index contributed by atoms with van der Waals surface area (Å²) in [5, 5.41) is 16.6. The van der Waals surface area contributed by atoms with Crippen molar-refractivity contribution in [3.63, 3.8) is 0 Å². The molecule has 3 N–H and O–H groups in total. The van der Waals surface area contributed by atoms with Crippen LogP contribution in [0.5, 0.6) is 6.01 Å². The van der Waals surface area contributed by atoms with Gasteiger partial charge >= 0.3 is 6.01 Å². The van der Waals surface area contributed by atoms with Gasteiger partial charge in [0.05, 0.1) is 41.1 Å². The molecule has 212 valence electrons. The number of ether oxygens (including phenoxy) is 1. The van der Waals surface area contributed by atoms with Crippen molar-refractivity contribution in [2.24, 2.45) is 10.4 Å². The molecule has 4 heterocycles. The van der Waals surface area contributed by atoms with Crippen molar-refractivity contribution in [2.75, 3.05) is 34.3 Å². The lowest BCUT2D eigenvalue weighted by Gasteiger charge is -2.49. The molecule has 4 aliphatic rings. The van der Waals surface area contributed by atoms with Crippen LogP contribution in [0, 0.1) is 16.7 Å². The Bertz CT molecular complexity index is 1360. The lowest BCUT2D eigenvalue weighted by Crippen LogP contribution is -2.55. The maximum atomic E-state index is 10.3. The van der Waals surface area contributed by atoms with Crippen molar-refractivity contribution in [3.05, 3.63) is 39.7 Å². The molecular weight excluding hydrogens is 522 g/mol. The second kappa shape index (κ2) is 11.0. The first-order valence-corrected chi connectivity index (χ1v) is 15.2. The Balaban J connectivity index is 1.28. The highest BCUT2D eigenvalue weighted by molar-refractivity contribution is 7.16. The van der Waals surface area contributed by atoms with Gasteiger partial charge in [-0.25, -0.2) is 9.98 Å². The lowest BCUT2D eigenvalue weighted by molar-refractivity contribution is 0.0237. The average molecular weight is 562 g/mol. The van der Waals surface area contributed by atoms with E-state index in [4.69, 9.17) is 9.72 Å². The summed E-state index contributed by atoms with van der Waals surface area (Å²) >= 11 is 1.67. The minimum absolute atomic E-state index is 0.283. The zero-order valence-electron chi connectivity index (χ0n) is 23.7. The van der Waals surface area contributed by atoms with Crippen molar-refractivity contribution < 1.29 is 4.74 Å². The van der Waals surface area contributed by atoms with Gasteiger partial charge in [-0.2, -0.15) is 10.2 Å². The first kappa shape index (κ1) is 27.0. The lowest BCUT2D eigenvalue weighted by atomic mass is 9.72. The molecule has 40 heavy (non-hydrogen) atoms. The van der Waals surface area contributed by atoms with E-state index in [-0.39, 0.29) is 11.0 Å². The quantitative estimate of drug-likeness (QED) is 0.223. The number of nitrogens with one attached hydrogen (secondary N) is 3. The number of piperidine rings is 1. The molecule has 1 unspecified atom stereocenters. The number of nitriles is 1. The van der Waals surface area contributed by atoms with Crippen LogP contribution in [0.25, 0.3) is 5.70 Å². The molecule has 1 atom stereocenters. The fourth-order valence-electron chi connectivity index (χ4n) is 6.52. The molecule has 2 aromatic rings. The first-order valence-electron chi connectivity index (χ1n) is 14.4. The van der Waals surface area contributed by atoms with Crippen molar-refractivity contribution in [1.82, 2.24) is 36.2 Å². The van der Waals surface area contributed by atoms with Gasteiger partial charge in [0.25, 0.3) is 0 Å². The van der Waals surface area contributed by atoms with E-state index in [2.05, 4.69) is 37.3 Å². The highest BCUT2D eigenvalue weighted by atomic mass is 32.1. The van der Waals surface area contributed by atoms with Crippen LogP contribution in [-0.4, -0.2) is 60.5 Å². The zero-order valence-corrected chi connectivity index (χ0v) is 24.5. The SMILES string of the molecule is CNCCCC1(COc2nccc(C3=C4CCCC5(CCCc6sc(/N=C/N(C)C)c(C#N)c65)N4NN3)n2)CC1. The van der Waals surface area contributed by atoms with Crippen LogP contribution in [0.2, 0.25) is 0 Å². The van der Waals surface area contributed by atoms with E-state index in [0.717, 1.165) is 79.0 Å². The second-order valence-electron chi connectivity index (χ2n) is 11.8. The predicted molar refractivity (Wildman–Crippen MR) is 157 cm³/mol. The molecule has 2 aromatic heterocycles. The molecular formula is C29H39N9OS. The number of aliphatic imine (C=N–C) groups is 1. The zero-order chi connectivity index (χ0) is 27.7. The number of aryl methyl sites for hydroxylation is 1. The molecule has 6 rings (SSSR count). The van der Waals surface area contributed by atoms with Crippen molar-refractivity contribution in [3.8, 4) is 12.1 Å². The number of aromatic nitrogens is 2. The van der Waals surface area contributed by atoms with E-state index in [9.17, 15) is 5.26 Å². The van der Waals surface area contributed by atoms with Crippen LogP contribution in [0.3, 0.4) is 0 Å². The summed E-state index contributed by atoms with van der Waals surface area (Å²) in [6.07, 6.45) is 14.3. The first-order chi connectivity index (χ1) is 19.5. The molecule has 0 bridgehead atoms. The van der Waals surface area contributed by atoms with Crippen LogP contribution >= 0.6 is 11.3 Å². The third kappa shape index (κ3) is 4.93. The summed E-state index contributed by atoms with van der Waals surface area (Å²) in [5.41, 5.74) is 11.8. The Morgan fingerprint density at radius 2 is 2.10 bits per heavy atom. The predicted octanol–water partition coefficient (Wildman–Crippen LogP) is 4.20. The van der Waals surface area contributed by atoms with E-state index >= 15 is 0 Å². The Labute approximate surface area is 240 Å². The molecule has 2 aliphatic heterocycles. The number of nitrogens with zero attached hydrogens (tertiary/aromatic N) is 6. The maximum Gasteiger partial charge on any atom is 0.316 e. The minimum Gasteiger partial charge on any atom is -0.463 e. The van der Waals surface area contributed by atoms with Gasteiger partial charge in [-0.15, -0.1) is 16.9 Å². The third-order valence-electron chi connectivity index (χ3n) is 8.71. The number of allylic oxidation sites excluding steroid dienone is 1. The number of rotatable bonds is 10. The van der Waals surface area contributed by atoms with Gasteiger partial charge in [0, 0.05) is 36.1 Å². The standard InChI is InChI=1S/C29H39N9OS/c1-31-15-6-10-28(13-14-28)18-39-27-32-16-9-21(34-27)25-22-7-4-11-29(38(22)36-35-25)12-5-8-23-24(29)20(17-30)26(40-23)33-19-37(2)3/h9,16,19,31,35-36H,4-8,10-15,18H2,1-3H3/b33-19+. The van der Waals surface area contributed by atoms with Gasteiger partial charge in [0.2, 0.25) is 0 Å². The molecule has 1 spiro atoms. The van der Waals surface area contributed by atoms with E-state index in [1.54, 1.807) is 23.9 Å². The topological polar surface area (TPSA) is 114 Å². The fourth-order valence-corrected chi connectivity index (χ4v) is 7.75. The van der Waals surface area contributed by atoms with E-state index in [1.165, 1.54) is 29.8 Å². The fraction of sp³-hybridized carbons (Fsp3) is 0.586. The summed E-state index contributed by atoms with van der Waals surface area (Å²) in [6.45, 7) is 1.71. The smallest absolute Gasteiger partial charge is 0.316 e. The molecule has 1 saturated heterocycles. The van der Waals surface area contributed by atoms with Gasteiger partial charge < -0.3 is 15.0 Å². The molecule has 0 radical (unpaired) electrons. The van der Waals surface area contributed by atoms with Gasteiger partial charge in [-0.3, -0.25) is 10.4 Å². The summed E-state index contributed by atoms with van der Waals surface area (Å²) in [7, 11) is 5.90. The Morgan fingerprint density at radius 1 is 1.27 bits per heavy atom. The summed E-state index contributed by atoms with van der Waals surface area (Å²) in [4.78, 5) is 17.1. The Morgan fingerprint density at radius 3 is 2.85 bits per heavy atom. The van der Waals surface area contributed by atoms with Crippen LogP contribution in [0.15, 0.2) is 23.0 Å². The summed E-state index contributed by atoms with van der Waals surface area (Å²) < 4.78 is 6.15. The molecule has 2 fully saturated rings. The van der Waals surface area contributed by atoms with Gasteiger partial charge in [-0.1, -0.05) is 0 Å².